The fourth-order valence-corrected chi connectivity index (χ4v) is 3.15. The molecule has 0 aromatic heterocycles. The van der Waals surface area contributed by atoms with E-state index in [9.17, 15) is 9.59 Å². The molecule has 5 nitrogen and oxygen atoms in total. The fraction of sp³-hybridized carbons (Fsp3) is 0.200. The third kappa shape index (κ3) is 6.21. The van der Waals surface area contributed by atoms with Crippen LogP contribution in [0.1, 0.15) is 40.9 Å². The minimum Gasteiger partial charge on any atom is -0.376 e. The van der Waals surface area contributed by atoms with Crippen molar-refractivity contribution in [2.75, 3.05) is 11.9 Å². The van der Waals surface area contributed by atoms with Crippen LogP contribution in [0.15, 0.2) is 84.9 Å². The first-order valence-electron chi connectivity index (χ1n) is 10.2. The highest BCUT2D eigenvalue weighted by Crippen LogP contribution is 2.16. The van der Waals surface area contributed by atoms with Crippen molar-refractivity contribution in [2.24, 2.45) is 0 Å². The average Bonchev–Trinajstić information content (AvgIpc) is 2.81. The van der Waals surface area contributed by atoms with Crippen LogP contribution in [0.25, 0.3) is 0 Å². The third-order valence-corrected chi connectivity index (χ3v) is 4.84. The Morgan fingerprint density at radius 1 is 0.833 bits per heavy atom. The highest BCUT2D eigenvalue weighted by Gasteiger charge is 2.12. The van der Waals surface area contributed by atoms with Crippen molar-refractivity contribution in [2.45, 2.75) is 25.9 Å². The highest BCUT2D eigenvalue weighted by atomic mass is 16.2. The van der Waals surface area contributed by atoms with E-state index in [0.717, 1.165) is 23.2 Å². The van der Waals surface area contributed by atoms with Crippen LogP contribution in [0.4, 0.5) is 5.69 Å². The maximum atomic E-state index is 12.3. The van der Waals surface area contributed by atoms with Gasteiger partial charge in [-0.3, -0.25) is 9.59 Å². The van der Waals surface area contributed by atoms with E-state index < -0.39 is 0 Å². The van der Waals surface area contributed by atoms with Crippen molar-refractivity contribution in [1.82, 2.24) is 10.6 Å². The van der Waals surface area contributed by atoms with Crippen LogP contribution < -0.4 is 16.0 Å². The van der Waals surface area contributed by atoms with E-state index in [2.05, 4.69) is 16.0 Å². The molecule has 2 amide bonds. The van der Waals surface area contributed by atoms with Crippen LogP contribution in [0, 0.1) is 0 Å². The Morgan fingerprint density at radius 3 is 2.10 bits per heavy atom. The van der Waals surface area contributed by atoms with E-state index in [0.29, 0.717) is 12.1 Å². The number of carbonyl (C=O) groups is 2. The standard InChI is InChI=1S/C25H27N3O2/c1-2-23(20-11-7-4-8-12-20)28-24(29)18-26-22-15-13-21(14-16-22)25(30)27-17-19-9-5-3-6-10-19/h3-16,23,26H,2,17-18H2,1H3,(H,27,30)(H,28,29). The molecular weight excluding hydrogens is 374 g/mol. The van der Waals surface area contributed by atoms with Gasteiger partial charge in [-0.1, -0.05) is 67.6 Å². The summed E-state index contributed by atoms with van der Waals surface area (Å²) >= 11 is 0. The molecule has 0 fully saturated rings. The lowest BCUT2D eigenvalue weighted by Crippen LogP contribution is -2.33. The Balaban J connectivity index is 1.47. The van der Waals surface area contributed by atoms with E-state index in [1.807, 2.05) is 67.6 Å². The van der Waals surface area contributed by atoms with Gasteiger partial charge in [0.25, 0.3) is 5.91 Å². The first kappa shape index (κ1) is 21.1. The van der Waals surface area contributed by atoms with Crippen molar-refractivity contribution in [1.29, 1.82) is 0 Å². The molecule has 3 N–H and O–H groups in total. The summed E-state index contributed by atoms with van der Waals surface area (Å²) in [5.41, 5.74) is 3.52. The molecule has 3 aromatic rings. The zero-order chi connectivity index (χ0) is 21.2. The van der Waals surface area contributed by atoms with Crippen molar-refractivity contribution in [3.63, 3.8) is 0 Å². The van der Waals surface area contributed by atoms with Gasteiger partial charge < -0.3 is 16.0 Å². The molecule has 0 heterocycles. The minimum atomic E-state index is -0.128. The molecule has 3 rings (SSSR count). The number of benzene rings is 3. The monoisotopic (exact) mass is 401 g/mol. The second kappa shape index (κ2) is 10.8. The Morgan fingerprint density at radius 2 is 1.47 bits per heavy atom. The molecule has 0 bridgehead atoms. The largest absolute Gasteiger partial charge is 0.376 e. The number of nitrogens with one attached hydrogen (secondary N) is 3. The van der Waals surface area contributed by atoms with Crippen LogP contribution >= 0.6 is 0 Å². The van der Waals surface area contributed by atoms with Gasteiger partial charge in [-0.05, 0) is 41.8 Å². The predicted molar refractivity (Wildman–Crippen MR) is 120 cm³/mol. The second-order valence-corrected chi connectivity index (χ2v) is 7.04. The summed E-state index contributed by atoms with van der Waals surface area (Å²) in [4.78, 5) is 24.6. The summed E-state index contributed by atoms with van der Waals surface area (Å²) in [5.74, 6) is -0.202. The number of anilines is 1. The van der Waals surface area contributed by atoms with Gasteiger partial charge in [-0.25, -0.2) is 0 Å². The minimum absolute atomic E-state index is 0.00353. The molecule has 154 valence electrons. The van der Waals surface area contributed by atoms with Crippen LogP contribution in [0.5, 0.6) is 0 Å². The molecule has 0 aliphatic rings. The molecule has 5 heteroatoms. The highest BCUT2D eigenvalue weighted by molar-refractivity contribution is 5.94. The van der Waals surface area contributed by atoms with E-state index in [-0.39, 0.29) is 24.4 Å². The van der Waals surface area contributed by atoms with Crippen LogP contribution in [-0.4, -0.2) is 18.4 Å². The van der Waals surface area contributed by atoms with Gasteiger partial charge in [0.05, 0.1) is 12.6 Å². The molecule has 0 aliphatic carbocycles. The molecule has 0 aliphatic heterocycles. The van der Waals surface area contributed by atoms with E-state index in [4.69, 9.17) is 0 Å². The van der Waals surface area contributed by atoms with Crippen molar-refractivity contribution in [3.05, 3.63) is 102 Å². The maximum Gasteiger partial charge on any atom is 0.251 e. The van der Waals surface area contributed by atoms with E-state index in [1.165, 1.54) is 0 Å². The summed E-state index contributed by atoms with van der Waals surface area (Å²) in [6.45, 7) is 2.70. The lowest BCUT2D eigenvalue weighted by molar-refractivity contribution is -0.120. The zero-order valence-corrected chi connectivity index (χ0v) is 17.1. The van der Waals surface area contributed by atoms with Crippen molar-refractivity contribution < 1.29 is 9.59 Å². The molecule has 1 atom stereocenters. The maximum absolute atomic E-state index is 12.3. The van der Waals surface area contributed by atoms with Crippen molar-refractivity contribution >= 4 is 17.5 Å². The zero-order valence-electron chi connectivity index (χ0n) is 17.1. The first-order chi connectivity index (χ1) is 14.7. The molecule has 0 saturated heterocycles. The smallest absolute Gasteiger partial charge is 0.251 e. The molecule has 0 spiro atoms. The van der Waals surface area contributed by atoms with Crippen LogP contribution in [-0.2, 0) is 11.3 Å². The number of carbonyl (C=O) groups excluding carboxylic acids is 2. The van der Waals surface area contributed by atoms with E-state index in [1.54, 1.807) is 24.3 Å². The van der Waals surface area contributed by atoms with Gasteiger partial charge >= 0.3 is 0 Å². The first-order valence-corrected chi connectivity index (χ1v) is 10.2. The summed E-state index contributed by atoms with van der Waals surface area (Å²) in [7, 11) is 0. The topological polar surface area (TPSA) is 70.2 Å². The fourth-order valence-electron chi connectivity index (χ4n) is 3.15. The summed E-state index contributed by atoms with van der Waals surface area (Å²) in [6.07, 6.45) is 0.822. The Hall–Kier alpha value is -3.60. The Bertz CT molecular complexity index is 941. The lowest BCUT2D eigenvalue weighted by atomic mass is 10.0. The molecule has 3 aromatic carbocycles. The van der Waals surface area contributed by atoms with Gasteiger partial charge in [-0.2, -0.15) is 0 Å². The summed E-state index contributed by atoms with van der Waals surface area (Å²) in [6, 6.07) is 26.8. The second-order valence-electron chi connectivity index (χ2n) is 7.04. The number of rotatable bonds is 9. The number of hydrogen-bond donors (Lipinski definition) is 3. The normalized spacial score (nSPS) is 11.4. The summed E-state index contributed by atoms with van der Waals surface area (Å²) in [5, 5.41) is 9.06. The SMILES string of the molecule is CCC(NC(=O)CNc1ccc(C(=O)NCc2ccccc2)cc1)c1ccccc1. The van der Waals surface area contributed by atoms with Gasteiger partial charge in [0.2, 0.25) is 5.91 Å². The Labute approximate surface area is 177 Å². The third-order valence-electron chi connectivity index (χ3n) is 4.84. The Kier molecular flexibility index (Phi) is 7.61. The summed E-state index contributed by atoms with van der Waals surface area (Å²) < 4.78 is 0. The number of hydrogen-bond acceptors (Lipinski definition) is 3. The van der Waals surface area contributed by atoms with Crippen LogP contribution in [0.3, 0.4) is 0 Å². The average molecular weight is 402 g/mol. The quantitative estimate of drug-likeness (QED) is 0.501. The van der Waals surface area contributed by atoms with Gasteiger partial charge in [0, 0.05) is 17.8 Å². The molecule has 1 unspecified atom stereocenters. The molecule has 0 radical (unpaired) electrons. The van der Waals surface area contributed by atoms with Gasteiger partial charge in [0.1, 0.15) is 0 Å². The van der Waals surface area contributed by atoms with Crippen LogP contribution in [0.2, 0.25) is 0 Å². The predicted octanol–water partition coefficient (Wildman–Crippen LogP) is 4.30. The van der Waals surface area contributed by atoms with Gasteiger partial charge in [0.15, 0.2) is 0 Å². The van der Waals surface area contributed by atoms with Crippen molar-refractivity contribution in [3.8, 4) is 0 Å². The molecular formula is C25H27N3O2. The van der Waals surface area contributed by atoms with Gasteiger partial charge in [-0.15, -0.1) is 0 Å². The van der Waals surface area contributed by atoms with E-state index >= 15 is 0 Å². The lowest BCUT2D eigenvalue weighted by Gasteiger charge is -2.18. The number of amides is 2. The molecule has 30 heavy (non-hydrogen) atoms. The molecule has 0 saturated carbocycles.